The van der Waals surface area contributed by atoms with Crippen molar-refractivity contribution >= 4 is 17.3 Å². The lowest BCUT2D eigenvalue weighted by Gasteiger charge is -1.96. The van der Waals surface area contributed by atoms with E-state index in [1.165, 1.54) is 0 Å². The van der Waals surface area contributed by atoms with Gasteiger partial charge in [0.15, 0.2) is 5.78 Å². The molecule has 0 atom stereocenters. The predicted octanol–water partition coefficient (Wildman–Crippen LogP) is 1.04. The Balaban J connectivity index is 2.11. The SMILES string of the molecule is CCCc1nnsc1C(=O)Cc1cn(C)nn1. The number of hydrogen-bond donors (Lipinski definition) is 0. The van der Waals surface area contributed by atoms with Crippen LogP contribution in [0, 0.1) is 0 Å². The molecule has 90 valence electrons. The van der Waals surface area contributed by atoms with E-state index in [-0.39, 0.29) is 12.2 Å². The van der Waals surface area contributed by atoms with Crippen molar-refractivity contribution in [3.05, 3.63) is 22.5 Å². The van der Waals surface area contributed by atoms with Crippen LogP contribution >= 0.6 is 11.5 Å². The first-order chi connectivity index (χ1) is 8.20. The molecule has 0 N–H and O–H groups in total. The van der Waals surface area contributed by atoms with Gasteiger partial charge in [-0.05, 0) is 18.0 Å². The molecule has 0 unspecified atom stereocenters. The number of ketones is 1. The molecule has 17 heavy (non-hydrogen) atoms. The highest BCUT2D eigenvalue weighted by atomic mass is 32.1. The molecule has 0 radical (unpaired) electrons. The van der Waals surface area contributed by atoms with Gasteiger partial charge in [0.1, 0.15) is 4.88 Å². The monoisotopic (exact) mass is 251 g/mol. The molecule has 2 aromatic heterocycles. The average Bonchev–Trinajstić information content (AvgIpc) is 2.88. The number of carbonyl (C=O) groups is 1. The second-order valence-electron chi connectivity index (χ2n) is 3.78. The molecular formula is C10H13N5OS. The number of nitrogens with zero attached hydrogens (tertiary/aromatic N) is 5. The quantitative estimate of drug-likeness (QED) is 0.742. The first kappa shape index (κ1) is 11.8. The molecule has 0 bridgehead atoms. The van der Waals surface area contributed by atoms with Gasteiger partial charge in [0.25, 0.3) is 0 Å². The minimum Gasteiger partial charge on any atom is -0.293 e. The van der Waals surface area contributed by atoms with Crippen LogP contribution in [0.1, 0.15) is 34.4 Å². The third-order valence-corrected chi connectivity index (χ3v) is 3.10. The summed E-state index contributed by atoms with van der Waals surface area (Å²) in [6, 6.07) is 0. The van der Waals surface area contributed by atoms with Crippen molar-refractivity contribution in [1.29, 1.82) is 0 Å². The van der Waals surface area contributed by atoms with E-state index in [2.05, 4.69) is 26.8 Å². The van der Waals surface area contributed by atoms with E-state index in [4.69, 9.17) is 0 Å². The van der Waals surface area contributed by atoms with Crippen LogP contribution in [0.15, 0.2) is 6.20 Å². The minimum absolute atomic E-state index is 0.0175. The molecule has 2 rings (SSSR count). The zero-order chi connectivity index (χ0) is 12.3. The minimum atomic E-state index is 0.0175. The molecule has 0 aliphatic rings. The standard InChI is InChI=1S/C10H13N5OS/c1-3-4-8-10(17-14-12-8)9(16)5-7-6-15(2)13-11-7/h6H,3-5H2,1-2H3. The van der Waals surface area contributed by atoms with Crippen molar-refractivity contribution < 1.29 is 4.79 Å². The van der Waals surface area contributed by atoms with Gasteiger partial charge in [0.05, 0.1) is 17.8 Å². The second-order valence-corrected chi connectivity index (χ2v) is 4.54. The maximum atomic E-state index is 12.0. The first-order valence-electron chi connectivity index (χ1n) is 5.40. The second kappa shape index (κ2) is 5.13. The molecule has 2 aromatic rings. The highest BCUT2D eigenvalue weighted by Crippen LogP contribution is 2.15. The summed E-state index contributed by atoms with van der Waals surface area (Å²) < 4.78 is 5.42. The van der Waals surface area contributed by atoms with Crippen molar-refractivity contribution in [1.82, 2.24) is 24.6 Å². The fraction of sp³-hybridized carbons (Fsp3) is 0.500. The van der Waals surface area contributed by atoms with Crippen molar-refractivity contribution in [2.75, 3.05) is 0 Å². The Bertz CT molecular complexity index is 518. The van der Waals surface area contributed by atoms with E-state index >= 15 is 0 Å². The van der Waals surface area contributed by atoms with E-state index in [9.17, 15) is 4.79 Å². The van der Waals surface area contributed by atoms with Gasteiger partial charge in [0.2, 0.25) is 0 Å². The maximum Gasteiger partial charge on any atom is 0.182 e. The Morgan fingerprint density at radius 1 is 1.47 bits per heavy atom. The van der Waals surface area contributed by atoms with Gasteiger partial charge >= 0.3 is 0 Å². The summed E-state index contributed by atoms with van der Waals surface area (Å²) in [4.78, 5) is 12.7. The summed E-state index contributed by atoms with van der Waals surface area (Å²) in [6.45, 7) is 2.05. The van der Waals surface area contributed by atoms with Crippen molar-refractivity contribution in [2.24, 2.45) is 7.05 Å². The number of aromatic nitrogens is 5. The Kier molecular flexibility index (Phi) is 3.58. The predicted molar refractivity (Wildman–Crippen MR) is 62.9 cm³/mol. The average molecular weight is 251 g/mol. The maximum absolute atomic E-state index is 12.0. The molecule has 2 heterocycles. The summed E-state index contributed by atoms with van der Waals surface area (Å²) in [5.74, 6) is 0.0175. The normalized spacial score (nSPS) is 10.7. The highest BCUT2D eigenvalue weighted by molar-refractivity contribution is 7.08. The van der Waals surface area contributed by atoms with Gasteiger partial charge in [0, 0.05) is 13.2 Å². The molecule has 0 fully saturated rings. The van der Waals surface area contributed by atoms with Crippen LogP contribution < -0.4 is 0 Å². The Labute approximate surface area is 103 Å². The van der Waals surface area contributed by atoms with Crippen LogP contribution in [-0.2, 0) is 19.9 Å². The molecule has 0 amide bonds. The molecule has 0 aliphatic heterocycles. The molecule has 0 aromatic carbocycles. The Morgan fingerprint density at radius 2 is 2.29 bits per heavy atom. The van der Waals surface area contributed by atoms with Crippen LogP contribution in [0.3, 0.4) is 0 Å². The van der Waals surface area contributed by atoms with Gasteiger partial charge in [-0.3, -0.25) is 9.48 Å². The van der Waals surface area contributed by atoms with Crippen molar-refractivity contribution in [3.8, 4) is 0 Å². The van der Waals surface area contributed by atoms with E-state index in [0.717, 1.165) is 30.1 Å². The van der Waals surface area contributed by atoms with E-state index < -0.39 is 0 Å². The van der Waals surface area contributed by atoms with E-state index in [1.807, 2.05) is 0 Å². The molecule has 0 saturated heterocycles. The van der Waals surface area contributed by atoms with Crippen molar-refractivity contribution in [3.63, 3.8) is 0 Å². The lowest BCUT2D eigenvalue weighted by atomic mass is 10.1. The molecule has 0 aliphatic carbocycles. The van der Waals surface area contributed by atoms with Crippen molar-refractivity contribution in [2.45, 2.75) is 26.2 Å². The summed E-state index contributed by atoms with van der Waals surface area (Å²) in [6.07, 6.45) is 3.75. The number of carbonyl (C=O) groups excluding carboxylic acids is 1. The summed E-state index contributed by atoms with van der Waals surface area (Å²) in [5, 5.41) is 11.7. The number of Topliss-reactive ketones (excluding diaryl/α,β-unsaturated/α-hetero) is 1. The summed E-state index contributed by atoms with van der Waals surface area (Å²) in [7, 11) is 1.78. The van der Waals surface area contributed by atoms with Crippen LogP contribution in [-0.4, -0.2) is 30.4 Å². The zero-order valence-corrected chi connectivity index (χ0v) is 10.6. The highest BCUT2D eigenvalue weighted by Gasteiger charge is 2.17. The number of hydrogen-bond acceptors (Lipinski definition) is 6. The molecule has 0 spiro atoms. The number of rotatable bonds is 5. The third-order valence-electron chi connectivity index (χ3n) is 2.29. The molecule has 7 heteroatoms. The van der Waals surface area contributed by atoms with Gasteiger partial charge in [-0.25, -0.2) is 0 Å². The fourth-order valence-corrected chi connectivity index (χ4v) is 2.19. The lowest BCUT2D eigenvalue weighted by molar-refractivity contribution is 0.0994. The Hall–Kier alpha value is -1.63. The smallest absolute Gasteiger partial charge is 0.182 e. The topological polar surface area (TPSA) is 73.6 Å². The van der Waals surface area contributed by atoms with Crippen LogP contribution in [0.2, 0.25) is 0 Å². The molecule has 6 nitrogen and oxygen atoms in total. The summed E-state index contributed by atoms with van der Waals surface area (Å²) >= 11 is 1.16. The van der Waals surface area contributed by atoms with E-state index in [0.29, 0.717) is 10.6 Å². The molecular weight excluding hydrogens is 238 g/mol. The van der Waals surface area contributed by atoms with Gasteiger partial charge < -0.3 is 0 Å². The van der Waals surface area contributed by atoms with Gasteiger partial charge in [-0.15, -0.1) is 10.2 Å². The fourth-order valence-electron chi connectivity index (χ4n) is 1.54. The third kappa shape index (κ3) is 2.73. The number of aryl methyl sites for hydroxylation is 2. The molecule has 0 saturated carbocycles. The zero-order valence-electron chi connectivity index (χ0n) is 9.75. The lowest BCUT2D eigenvalue weighted by Crippen LogP contribution is -2.05. The van der Waals surface area contributed by atoms with Gasteiger partial charge in [-0.2, -0.15) is 0 Å². The Morgan fingerprint density at radius 3 is 2.94 bits per heavy atom. The van der Waals surface area contributed by atoms with E-state index in [1.54, 1.807) is 17.9 Å². The first-order valence-corrected chi connectivity index (χ1v) is 6.17. The largest absolute Gasteiger partial charge is 0.293 e. The summed E-state index contributed by atoms with van der Waals surface area (Å²) in [5.41, 5.74) is 1.47. The van der Waals surface area contributed by atoms with Crippen LogP contribution in [0.25, 0.3) is 0 Å². The van der Waals surface area contributed by atoms with Crippen LogP contribution in [0.4, 0.5) is 0 Å². The van der Waals surface area contributed by atoms with Crippen LogP contribution in [0.5, 0.6) is 0 Å². The van der Waals surface area contributed by atoms with Gasteiger partial charge in [-0.1, -0.05) is 23.0 Å².